The van der Waals surface area contributed by atoms with Crippen molar-refractivity contribution >= 4 is 22.9 Å². The number of hydrogen-bond acceptors (Lipinski definition) is 2. The fraction of sp³-hybridized carbons (Fsp3) is 0.100. The highest BCUT2D eigenvalue weighted by molar-refractivity contribution is 7.09. The number of nitrogens with zero attached hydrogens (tertiary/aromatic N) is 1. The zero-order valence-corrected chi connectivity index (χ0v) is 8.99. The minimum absolute atomic E-state index is 0.133. The van der Waals surface area contributed by atoms with Crippen molar-refractivity contribution in [2.45, 2.75) is 6.92 Å². The lowest BCUT2D eigenvalue weighted by atomic mass is 10.2. The van der Waals surface area contributed by atoms with Crippen LogP contribution in [0.25, 0.3) is 11.3 Å². The summed E-state index contributed by atoms with van der Waals surface area (Å²) >= 11 is 7.23. The normalized spacial score (nSPS) is 10.5. The molecule has 1 heterocycles. The van der Waals surface area contributed by atoms with Crippen molar-refractivity contribution in [3.63, 3.8) is 0 Å². The highest BCUT2D eigenvalue weighted by Gasteiger charge is 2.05. The van der Waals surface area contributed by atoms with E-state index in [1.807, 2.05) is 12.3 Å². The predicted octanol–water partition coefficient (Wildman–Crippen LogP) is 3.91. The van der Waals surface area contributed by atoms with Gasteiger partial charge in [0.15, 0.2) is 0 Å². The standard InChI is InChI=1S/C10H7ClFNS/c1-6-13-10(5-14-6)7-2-3-9(12)8(11)4-7/h2-5H,1H3. The molecule has 2 rings (SSSR count). The van der Waals surface area contributed by atoms with Crippen molar-refractivity contribution < 1.29 is 4.39 Å². The highest BCUT2D eigenvalue weighted by Crippen LogP contribution is 2.25. The molecule has 1 aromatic heterocycles. The molecule has 0 aliphatic rings. The van der Waals surface area contributed by atoms with Crippen LogP contribution in [0.4, 0.5) is 4.39 Å². The van der Waals surface area contributed by atoms with Gasteiger partial charge in [-0.25, -0.2) is 9.37 Å². The Bertz CT molecular complexity index is 467. The first kappa shape index (κ1) is 9.62. The van der Waals surface area contributed by atoms with Crippen LogP contribution in [0.5, 0.6) is 0 Å². The topological polar surface area (TPSA) is 12.9 Å². The van der Waals surface area contributed by atoms with E-state index < -0.39 is 5.82 Å². The predicted molar refractivity (Wildman–Crippen MR) is 57.3 cm³/mol. The average Bonchev–Trinajstić information content (AvgIpc) is 2.57. The molecule has 1 nitrogen and oxygen atoms in total. The molecule has 0 aliphatic carbocycles. The van der Waals surface area contributed by atoms with Crippen LogP contribution >= 0.6 is 22.9 Å². The highest BCUT2D eigenvalue weighted by atomic mass is 35.5. The fourth-order valence-corrected chi connectivity index (χ4v) is 1.95. The van der Waals surface area contributed by atoms with Gasteiger partial charge in [-0.05, 0) is 25.1 Å². The Morgan fingerprint density at radius 2 is 2.21 bits per heavy atom. The molecular weight excluding hydrogens is 221 g/mol. The SMILES string of the molecule is Cc1nc(-c2ccc(F)c(Cl)c2)cs1. The summed E-state index contributed by atoms with van der Waals surface area (Å²) in [7, 11) is 0. The van der Waals surface area contributed by atoms with E-state index in [2.05, 4.69) is 4.98 Å². The summed E-state index contributed by atoms with van der Waals surface area (Å²) in [6.07, 6.45) is 0. The zero-order chi connectivity index (χ0) is 10.1. The van der Waals surface area contributed by atoms with Gasteiger partial charge in [0.25, 0.3) is 0 Å². The van der Waals surface area contributed by atoms with E-state index in [0.717, 1.165) is 16.3 Å². The van der Waals surface area contributed by atoms with Gasteiger partial charge in [0.2, 0.25) is 0 Å². The van der Waals surface area contributed by atoms with Gasteiger partial charge in [-0.3, -0.25) is 0 Å². The Kier molecular flexibility index (Phi) is 2.52. The number of halogens is 2. The molecule has 0 saturated carbocycles. The van der Waals surface area contributed by atoms with Crippen LogP contribution < -0.4 is 0 Å². The molecule has 0 unspecified atom stereocenters. The van der Waals surface area contributed by atoms with Gasteiger partial charge < -0.3 is 0 Å². The second kappa shape index (κ2) is 3.67. The minimum atomic E-state index is -0.401. The van der Waals surface area contributed by atoms with Gasteiger partial charge in [-0.15, -0.1) is 11.3 Å². The molecule has 0 aliphatic heterocycles. The maximum Gasteiger partial charge on any atom is 0.141 e. The molecule has 0 atom stereocenters. The van der Waals surface area contributed by atoms with Gasteiger partial charge in [0.05, 0.1) is 15.7 Å². The second-order valence-electron chi connectivity index (χ2n) is 2.88. The molecule has 0 fully saturated rings. The van der Waals surface area contributed by atoms with Gasteiger partial charge in [-0.2, -0.15) is 0 Å². The Hall–Kier alpha value is -0.930. The van der Waals surface area contributed by atoms with Crippen LogP contribution in [-0.4, -0.2) is 4.98 Å². The third-order valence-electron chi connectivity index (χ3n) is 1.83. The van der Waals surface area contributed by atoms with Crippen molar-refractivity contribution in [3.8, 4) is 11.3 Å². The number of thiazole rings is 1. The molecule has 0 radical (unpaired) electrons. The van der Waals surface area contributed by atoms with Crippen LogP contribution in [0.2, 0.25) is 5.02 Å². The summed E-state index contributed by atoms with van der Waals surface area (Å²) in [5.74, 6) is -0.401. The lowest BCUT2D eigenvalue weighted by Crippen LogP contribution is -1.81. The molecule has 14 heavy (non-hydrogen) atoms. The largest absolute Gasteiger partial charge is 0.242 e. The van der Waals surface area contributed by atoms with Crippen molar-refractivity contribution in [1.29, 1.82) is 0 Å². The summed E-state index contributed by atoms with van der Waals surface area (Å²) in [6.45, 7) is 1.93. The molecule has 0 spiro atoms. The van der Waals surface area contributed by atoms with Gasteiger partial charge in [-0.1, -0.05) is 11.6 Å². The van der Waals surface area contributed by atoms with E-state index in [-0.39, 0.29) is 5.02 Å². The first-order valence-corrected chi connectivity index (χ1v) is 5.30. The Morgan fingerprint density at radius 1 is 1.43 bits per heavy atom. The van der Waals surface area contributed by atoms with Gasteiger partial charge in [0.1, 0.15) is 5.82 Å². The minimum Gasteiger partial charge on any atom is -0.242 e. The number of rotatable bonds is 1. The molecule has 1 aromatic carbocycles. The second-order valence-corrected chi connectivity index (χ2v) is 4.35. The molecule has 0 bridgehead atoms. The Balaban J connectivity index is 2.47. The number of benzene rings is 1. The number of aryl methyl sites for hydroxylation is 1. The van der Waals surface area contributed by atoms with E-state index in [1.54, 1.807) is 23.5 Å². The monoisotopic (exact) mass is 227 g/mol. The summed E-state index contributed by atoms with van der Waals surface area (Å²) < 4.78 is 12.9. The van der Waals surface area contributed by atoms with Crippen molar-refractivity contribution in [2.75, 3.05) is 0 Å². The van der Waals surface area contributed by atoms with Crippen molar-refractivity contribution in [3.05, 3.63) is 39.4 Å². The van der Waals surface area contributed by atoms with Crippen LogP contribution in [0.1, 0.15) is 5.01 Å². The van der Waals surface area contributed by atoms with Crippen molar-refractivity contribution in [1.82, 2.24) is 4.98 Å². The molecule has 0 saturated heterocycles. The van der Waals surface area contributed by atoms with Crippen LogP contribution in [0.3, 0.4) is 0 Å². The molecule has 0 amide bonds. The number of aromatic nitrogens is 1. The third kappa shape index (κ3) is 1.79. The molecule has 2 aromatic rings. The average molecular weight is 228 g/mol. The smallest absolute Gasteiger partial charge is 0.141 e. The van der Waals surface area contributed by atoms with Gasteiger partial charge >= 0.3 is 0 Å². The van der Waals surface area contributed by atoms with E-state index in [0.29, 0.717) is 0 Å². The molecular formula is C10H7ClFNS. The quantitative estimate of drug-likeness (QED) is 0.720. The summed E-state index contributed by atoms with van der Waals surface area (Å²) in [5.41, 5.74) is 1.69. The maximum absolute atomic E-state index is 12.9. The fourth-order valence-electron chi connectivity index (χ4n) is 1.15. The lowest BCUT2D eigenvalue weighted by Gasteiger charge is -1.98. The lowest BCUT2D eigenvalue weighted by molar-refractivity contribution is 0.628. The number of hydrogen-bond donors (Lipinski definition) is 0. The Morgan fingerprint density at radius 3 is 2.79 bits per heavy atom. The summed E-state index contributed by atoms with van der Waals surface area (Å²) in [6, 6.07) is 4.62. The Labute approximate surface area is 90.2 Å². The summed E-state index contributed by atoms with van der Waals surface area (Å²) in [4.78, 5) is 4.29. The van der Waals surface area contributed by atoms with Crippen LogP contribution in [-0.2, 0) is 0 Å². The molecule has 72 valence electrons. The van der Waals surface area contributed by atoms with E-state index in [9.17, 15) is 4.39 Å². The first-order valence-electron chi connectivity index (χ1n) is 4.04. The van der Waals surface area contributed by atoms with E-state index in [1.165, 1.54) is 6.07 Å². The zero-order valence-electron chi connectivity index (χ0n) is 7.42. The van der Waals surface area contributed by atoms with E-state index in [4.69, 9.17) is 11.6 Å². The first-order chi connectivity index (χ1) is 6.66. The van der Waals surface area contributed by atoms with Crippen LogP contribution in [0, 0.1) is 12.7 Å². The van der Waals surface area contributed by atoms with Crippen molar-refractivity contribution in [2.24, 2.45) is 0 Å². The van der Waals surface area contributed by atoms with Crippen LogP contribution in [0.15, 0.2) is 23.6 Å². The maximum atomic E-state index is 12.9. The third-order valence-corrected chi connectivity index (χ3v) is 2.90. The molecule has 4 heteroatoms. The van der Waals surface area contributed by atoms with E-state index >= 15 is 0 Å². The summed E-state index contributed by atoms with van der Waals surface area (Å²) in [5, 5.41) is 3.05. The molecule has 0 N–H and O–H groups in total. The van der Waals surface area contributed by atoms with Gasteiger partial charge in [0, 0.05) is 10.9 Å².